The number of fused-ring (bicyclic) bond motifs is 1. The second-order valence-corrected chi connectivity index (χ2v) is 7.79. The van der Waals surface area contributed by atoms with E-state index in [2.05, 4.69) is 18.2 Å². The van der Waals surface area contributed by atoms with Crippen LogP contribution >= 0.6 is 11.3 Å². The van der Waals surface area contributed by atoms with Crippen molar-refractivity contribution in [3.05, 3.63) is 88.3 Å². The van der Waals surface area contributed by atoms with Crippen molar-refractivity contribution in [1.82, 2.24) is 0 Å². The van der Waals surface area contributed by atoms with E-state index < -0.39 is 0 Å². The average molecular weight is 372 g/mol. The molecule has 27 heavy (non-hydrogen) atoms. The second-order valence-electron chi connectivity index (χ2n) is 6.74. The summed E-state index contributed by atoms with van der Waals surface area (Å²) >= 11 is 1.56. The van der Waals surface area contributed by atoms with Crippen LogP contribution in [0.5, 0.6) is 5.75 Å². The van der Waals surface area contributed by atoms with E-state index in [0.717, 1.165) is 48.5 Å². The summed E-state index contributed by atoms with van der Waals surface area (Å²) in [6.45, 7) is 4.05. The van der Waals surface area contributed by atoms with E-state index in [1.807, 2.05) is 62.4 Å². The first kappa shape index (κ1) is 17.5. The first-order chi connectivity index (χ1) is 13.1. The molecule has 0 amide bonds. The molecule has 2 nitrogen and oxygen atoms in total. The second kappa shape index (κ2) is 7.01. The Balaban J connectivity index is 1.93. The molecule has 0 atom stereocenters. The minimum atomic E-state index is 0.0776. The maximum Gasteiger partial charge on any atom is 0.203 e. The van der Waals surface area contributed by atoms with E-state index in [-0.39, 0.29) is 5.78 Å². The van der Waals surface area contributed by atoms with Crippen molar-refractivity contribution in [2.45, 2.75) is 13.8 Å². The third kappa shape index (κ3) is 3.26. The Morgan fingerprint density at radius 2 is 1.56 bits per heavy atom. The zero-order chi connectivity index (χ0) is 19.0. The lowest BCUT2D eigenvalue weighted by Crippen LogP contribution is -2.01. The van der Waals surface area contributed by atoms with Crippen LogP contribution in [0.4, 0.5) is 0 Å². The smallest absolute Gasteiger partial charge is 0.203 e. The van der Waals surface area contributed by atoms with Crippen molar-refractivity contribution >= 4 is 27.2 Å². The Morgan fingerprint density at radius 1 is 0.889 bits per heavy atom. The van der Waals surface area contributed by atoms with Gasteiger partial charge in [-0.15, -0.1) is 11.3 Å². The van der Waals surface area contributed by atoms with E-state index >= 15 is 0 Å². The largest absolute Gasteiger partial charge is 0.497 e. The summed E-state index contributed by atoms with van der Waals surface area (Å²) in [5, 5.41) is 1.11. The van der Waals surface area contributed by atoms with Crippen LogP contribution in [0.15, 0.2) is 66.7 Å². The predicted molar refractivity (Wildman–Crippen MR) is 113 cm³/mol. The molecule has 3 aromatic carbocycles. The van der Waals surface area contributed by atoms with Crippen LogP contribution in [0.2, 0.25) is 0 Å². The van der Waals surface area contributed by atoms with Crippen LogP contribution in [-0.2, 0) is 0 Å². The normalized spacial score (nSPS) is 10.9. The lowest BCUT2D eigenvalue weighted by atomic mass is 9.97. The zero-order valence-corrected chi connectivity index (χ0v) is 16.4. The minimum absolute atomic E-state index is 0.0776. The molecule has 3 heteroatoms. The number of thiophene rings is 1. The number of benzene rings is 3. The van der Waals surface area contributed by atoms with Gasteiger partial charge in [0, 0.05) is 21.2 Å². The highest BCUT2D eigenvalue weighted by molar-refractivity contribution is 7.21. The molecule has 4 aromatic rings. The minimum Gasteiger partial charge on any atom is -0.497 e. The van der Waals surface area contributed by atoms with Gasteiger partial charge in [-0.1, -0.05) is 47.5 Å². The summed E-state index contributed by atoms with van der Waals surface area (Å²) in [4.78, 5) is 14.2. The van der Waals surface area contributed by atoms with Crippen molar-refractivity contribution in [1.29, 1.82) is 0 Å². The molecule has 0 spiro atoms. The lowest BCUT2D eigenvalue weighted by Gasteiger charge is -2.08. The van der Waals surface area contributed by atoms with Crippen molar-refractivity contribution in [2.75, 3.05) is 7.11 Å². The van der Waals surface area contributed by atoms with Gasteiger partial charge in [0.15, 0.2) is 0 Å². The quantitative estimate of drug-likeness (QED) is 0.386. The molecule has 0 N–H and O–H groups in total. The fraction of sp³-hybridized carbons (Fsp3) is 0.125. The van der Waals surface area contributed by atoms with Crippen molar-refractivity contribution in [2.24, 2.45) is 0 Å². The Kier molecular flexibility index (Phi) is 4.54. The highest BCUT2D eigenvalue weighted by Gasteiger charge is 2.21. The topological polar surface area (TPSA) is 26.3 Å². The Bertz CT molecular complexity index is 1120. The number of ketones is 1. The van der Waals surface area contributed by atoms with E-state index in [4.69, 9.17) is 4.74 Å². The summed E-state index contributed by atoms with van der Waals surface area (Å²) in [7, 11) is 1.66. The van der Waals surface area contributed by atoms with Crippen LogP contribution in [-0.4, -0.2) is 12.9 Å². The number of aryl methyl sites for hydroxylation is 2. The van der Waals surface area contributed by atoms with Crippen molar-refractivity contribution in [3.63, 3.8) is 0 Å². The van der Waals surface area contributed by atoms with E-state index in [9.17, 15) is 4.79 Å². The number of methoxy groups -OCH3 is 1. The molecule has 0 fully saturated rings. The van der Waals surface area contributed by atoms with Crippen LogP contribution in [0.25, 0.3) is 21.2 Å². The van der Waals surface area contributed by atoms with E-state index in [1.165, 1.54) is 0 Å². The molecule has 1 aromatic heterocycles. The van der Waals surface area contributed by atoms with Gasteiger partial charge in [-0.2, -0.15) is 0 Å². The van der Waals surface area contributed by atoms with Gasteiger partial charge in [-0.05, 0) is 49.7 Å². The van der Waals surface area contributed by atoms with Crippen LogP contribution in [0, 0.1) is 13.8 Å². The predicted octanol–water partition coefficient (Wildman–Crippen LogP) is 6.42. The summed E-state index contributed by atoms with van der Waals surface area (Å²) < 4.78 is 6.40. The van der Waals surface area contributed by atoms with Crippen molar-refractivity contribution in [3.8, 4) is 16.9 Å². The number of carbonyl (C=O) groups is 1. The highest BCUT2D eigenvalue weighted by atomic mass is 32.1. The molecular formula is C24H20O2S. The maximum atomic E-state index is 13.4. The standard InChI is InChI=1S/C24H20O2S/c1-15-12-16(2)14-18(13-15)23(25)24-22(17-8-10-19(26-3)11-9-17)20-6-4-5-7-21(20)27-24/h4-14H,1-3H3. The average Bonchev–Trinajstić information content (AvgIpc) is 3.06. The van der Waals surface area contributed by atoms with E-state index in [0.29, 0.717) is 0 Å². The van der Waals surface area contributed by atoms with Gasteiger partial charge in [0.1, 0.15) is 5.75 Å². The van der Waals surface area contributed by atoms with Gasteiger partial charge in [0.25, 0.3) is 0 Å². The lowest BCUT2D eigenvalue weighted by molar-refractivity contribution is 0.104. The number of rotatable bonds is 4. The van der Waals surface area contributed by atoms with Crippen molar-refractivity contribution < 1.29 is 9.53 Å². The number of carbonyl (C=O) groups excluding carboxylic acids is 1. The highest BCUT2D eigenvalue weighted by Crippen LogP contribution is 2.40. The zero-order valence-electron chi connectivity index (χ0n) is 15.6. The molecule has 4 rings (SSSR count). The maximum absolute atomic E-state index is 13.4. The molecular weight excluding hydrogens is 352 g/mol. The Morgan fingerprint density at radius 3 is 2.22 bits per heavy atom. The summed E-state index contributed by atoms with van der Waals surface area (Å²) in [5.74, 6) is 0.884. The molecule has 0 aliphatic heterocycles. The van der Waals surface area contributed by atoms with Gasteiger partial charge in [-0.25, -0.2) is 0 Å². The van der Waals surface area contributed by atoms with Crippen LogP contribution in [0.3, 0.4) is 0 Å². The van der Waals surface area contributed by atoms with Gasteiger partial charge >= 0.3 is 0 Å². The fourth-order valence-corrected chi connectivity index (χ4v) is 4.67. The monoisotopic (exact) mass is 372 g/mol. The molecule has 0 unspecified atom stereocenters. The molecule has 0 saturated heterocycles. The number of hydrogen-bond acceptors (Lipinski definition) is 3. The third-order valence-corrected chi connectivity index (χ3v) is 5.83. The van der Waals surface area contributed by atoms with Gasteiger partial charge < -0.3 is 4.74 Å². The third-order valence-electron chi connectivity index (χ3n) is 4.66. The Hall–Kier alpha value is -2.91. The Labute approximate surface area is 163 Å². The summed E-state index contributed by atoms with van der Waals surface area (Å²) in [5.41, 5.74) is 4.98. The molecule has 0 radical (unpaired) electrons. The summed E-state index contributed by atoms with van der Waals surface area (Å²) in [6.07, 6.45) is 0. The van der Waals surface area contributed by atoms with Crippen LogP contribution in [0.1, 0.15) is 26.4 Å². The van der Waals surface area contributed by atoms with Crippen LogP contribution < -0.4 is 4.74 Å². The molecule has 0 saturated carbocycles. The summed E-state index contributed by atoms with van der Waals surface area (Å²) in [6, 6.07) is 22.1. The number of ether oxygens (including phenoxy) is 1. The molecule has 1 heterocycles. The fourth-order valence-electron chi connectivity index (χ4n) is 3.49. The van der Waals surface area contributed by atoms with Gasteiger partial charge in [-0.3, -0.25) is 4.79 Å². The molecule has 0 aliphatic carbocycles. The first-order valence-electron chi connectivity index (χ1n) is 8.86. The SMILES string of the molecule is COc1ccc(-c2c(C(=O)c3cc(C)cc(C)c3)sc3ccccc23)cc1. The molecule has 134 valence electrons. The molecule has 0 bridgehead atoms. The van der Waals surface area contributed by atoms with E-state index in [1.54, 1.807) is 18.4 Å². The molecule has 0 aliphatic rings. The first-order valence-corrected chi connectivity index (χ1v) is 9.67. The van der Waals surface area contributed by atoms with Gasteiger partial charge in [0.2, 0.25) is 5.78 Å². The number of hydrogen-bond donors (Lipinski definition) is 0. The van der Waals surface area contributed by atoms with Gasteiger partial charge in [0.05, 0.1) is 12.0 Å².